The highest BCUT2D eigenvalue weighted by Crippen LogP contribution is 2.21. The summed E-state index contributed by atoms with van der Waals surface area (Å²) in [6.07, 6.45) is 0.588. The number of benzene rings is 2. The molecule has 0 fully saturated rings. The van der Waals surface area contributed by atoms with Crippen LogP contribution in [0.1, 0.15) is 17.0 Å². The van der Waals surface area contributed by atoms with Crippen molar-refractivity contribution in [2.75, 3.05) is 0 Å². The Morgan fingerprint density at radius 2 is 1.75 bits per heavy atom. The van der Waals surface area contributed by atoms with Gasteiger partial charge in [-0.3, -0.25) is 13.9 Å². The van der Waals surface area contributed by atoms with E-state index in [1.165, 1.54) is 20.5 Å². The van der Waals surface area contributed by atoms with Gasteiger partial charge in [0.2, 0.25) is 11.7 Å². The van der Waals surface area contributed by atoms with Crippen LogP contribution in [0.15, 0.2) is 80.2 Å². The van der Waals surface area contributed by atoms with Crippen LogP contribution in [0.25, 0.3) is 21.6 Å². The summed E-state index contributed by atoms with van der Waals surface area (Å²) in [6.45, 7) is 2.37. The standard InChI is InChI=1S/C24H20N4O3S/c1-16-7-5-6-10-18(16)22-25-20(31-26-22)15-28-19-12-14-32-21(19)23(29)27(24(28)30)13-11-17-8-3-2-4-9-17/h2-10,12,14H,11,13,15H2,1H3. The van der Waals surface area contributed by atoms with Crippen LogP contribution in [0, 0.1) is 6.92 Å². The number of nitrogens with zero attached hydrogens (tertiary/aromatic N) is 4. The largest absolute Gasteiger partial charge is 0.337 e. The van der Waals surface area contributed by atoms with E-state index in [9.17, 15) is 9.59 Å². The summed E-state index contributed by atoms with van der Waals surface area (Å²) in [7, 11) is 0. The van der Waals surface area contributed by atoms with Crippen molar-refractivity contribution < 1.29 is 4.52 Å². The molecule has 0 amide bonds. The average Bonchev–Trinajstić information content (AvgIpc) is 3.48. The Kier molecular flexibility index (Phi) is 5.28. The van der Waals surface area contributed by atoms with Gasteiger partial charge < -0.3 is 4.52 Å². The van der Waals surface area contributed by atoms with Gasteiger partial charge in [-0.2, -0.15) is 4.98 Å². The van der Waals surface area contributed by atoms with E-state index < -0.39 is 0 Å². The fourth-order valence-electron chi connectivity index (χ4n) is 3.76. The van der Waals surface area contributed by atoms with Gasteiger partial charge in [-0.15, -0.1) is 11.3 Å². The zero-order valence-electron chi connectivity index (χ0n) is 17.4. The van der Waals surface area contributed by atoms with Gasteiger partial charge in [0.25, 0.3) is 5.56 Å². The third kappa shape index (κ3) is 3.69. The summed E-state index contributed by atoms with van der Waals surface area (Å²) >= 11 is 1.33. The Hall–Kier alpha value is -3.78. The molecule has 0 N–H and O–H groups in total. The predicted molar refractivity (Wildman–Crippen MR) is 124 cm³/mol. The molecule has 0 aliphatic rings. The topological polar surface area (TPSA) is 82.9 Å². The first-order chi connectivity index (χ1) is 15.6. The van der Waals surface area contributed by atoms with E-state index in [-0.39, 0.29) is 17.8 Å². The highest BCUT2D eigenvalue weighted by molar-refractivity contribution is 7.17. The Morgan fingerprint density at radius 1 is 0.969 bits per heavy atom. The van der Waals surface area contributed by atoms with Gasteiger partial charge in [0.1, 0.15) is 11.2 Å². The van der Waals surface area contributed by atoms with E-state index in [0.29, 0.717) is 34.9 Å². The van der Waals surface area contributed by atoms with Gasteiger partial charge in [-0.05, 0) is 35.9 Å². The lowest BCUT2D eigenvalue weighted by atomic mass is 10.1. The van der Waals surface area contributed by atoms with Crippen LogP contribution in [0.3, 0.4) is 0 Å². The zero-order chi connectivity index (χ0) is 22.1. The van der Waals surface area contributed by atoms with Crippen molar-refractivity contribution >= 4 is 21.6 Å². The molecule has 0 saturated heterocycles. The van der Waals surface area contributed by atoms with Crippen molar-refractivity contribution in [1.29, 1.82) is 0 Å². The Balaban J connectivity index is 1.52. The van der Waals surface area contributed by atoms with E-state index in [1.807, 2.05) is 66.9 Å². The monoisotopic (exact) mass is 444 g/mol. The smallest absolute Gasteiger partial charge is 0.332 e. The molecule has 0 aliphatic carbocycles. The molecule has 8 heteroatoms. The van der Waals surface area contributed by atoms with Crippen molar-refractivity contribution in [1.82, 2.24) is 19.3 Å². The number of thiophene rings is 1. The lowest BCUT2D eigenvalue weighted by molar-refractivity contribution is 0.369. The highest BCUT2D eigenvalue weighted by Gasteiger charge is 2.17. The predicted octanol–water partition coefficient (Wildman–Crippen LogP) is 3.87. The fourth-order valence-corrected chi connectivity index (χ4v) is 4.60. The molecule has 5 rings (SSSR count). The first-order valence-corrected chi connectivity index (χ1v) is 11.1. The average molecular weight is 445 g/mol. The molecule has 32 heavy (non-hydrogen) atoms. The van der Waals surface area contributed by atoms with Crippen LogP contribution in [0.4, 0.5) is 0 Å². The second-order valence-electron chi connectivity index (χ2n) is 7.52. The van der Waals surface area contributed by atoms with E-state index in [4.69, 9.17) is 4.52 Å². The summed E-state index contributed by atoms with van der Waals surface area (Å²) in [6, 6.07) is 19.4. The maximum absolute atomic E-state index is 13.3. The first-order valence-electron chi connectivity index (χ1n) is 10.2. The summed E-state index contributed by atoms with van der Waals surface area (Å²) in [5.41, 5.74) is 2.91. The van der Waals surface area contributed by atoms with Crippen LogP contribution >= 0.6 is 11.3 Å². The molecule has 3 heterocycles. The molecule has 160 valence electrons. The number of fused-ring (bicyclic) bond motifs is 1. The van der Waals surface area contributed by atoms with E-state index in [0.717, 1.165) is 16.7 Å². The third-order valence-electron chi connectivity index (χ3n) is 5.45. The number of hydrogen-bond acceptors (Lipinski definition) is 6. The number of aryl methyl sites for hydroxylation is 2. The van der Waals surface area contributed by atoms with Gasteiger partial charge in [0.15, 0.2) is 0 Å². The molecule has 0 radical (unpaired) electrons. The van der Waals surface area contributed by atoms with Crippen LogP contribution < -0.4 is 11.2 Å². The van der Waals surface area contributed by atoms with Crippen molar-refractivity contribution in [3.8, 4) is 11.4 Å². The van der Waals surface area contributed by atoms with Gasteiger partial charge >= 0.3 is 5.69 Å². The quantitative estimate of drug-likeness (QED) is 0.397. The SMILES string of the molecule is Cc1ccccc1-c1noc(Cn2c(=O)n(CCc3ccccc3)c(=O)c3sccc32)n1. The minimum atomic E-state index is -0.382. The zero-order valence-corrected chi connectivity index (χ0v) is 18.2. The van der Waals surface area contributed by atoms with Crippen LogP contribution in [0.2, 0.25) is 0 Å². The third-order valence-corrected chi connectivity index (χ3v) is 6.34. The minimum absolute atomic E-state index is 0.0938. The van der Waals surface area contributed by atoms with Crippen molar-refractivity contribution in [2.45, 2.75) is 26.4 Å². The van der Waals surface area contributed by atoms with Crippen LogP contribution in [-0.2, 0) is 19.5 Å². The highest BCUT2D eigenvalue weighted by atomic mass is 32.1. The summed E-state index contributed by atoms with van der Waals surface area (Å²) in [5, 5.41) is 5.90. The van der Waals surface area contributed by atoms with Crippen LogP contribution in [-0.4, -0.2) is 19.3 Å². The molecular formula is C24H20N4O3S. The van der Waals surface area contributed by atoms with E-state index in [2.05, 4.69) is 10.1 Å². The van der Waals surface area contributed by atoms with Gasteiger partial charge in [0, 0.05) is 12.1 Å². The summed E-state index contributed by atoms with van der Waals surface area (Å²) in [4.78, 5) is 30.8. The maximum Gasteiger partial charge on any atom is 0.332 e. The molecule has 0 spiro atoms. The second kappa shape index (κ2) is 8.39. The molecule has 3 aromatic heterocycles. The molecule has 0 aliphatic heterocycles. The fraction of sp³-hybridized carbons (Fsp3) is 0.167. The van der Waals surface area contributed by atoms with Gasteiger partial charge in [0.05, 0.1) is 5.52 Å². The van der Waals surface area contributed by atoms with Gasteiger partial charge in [-0.1, -0.05) is 59.8 Å². The van der Waals surface area contributed by atoms with Gasteiger partial charge in [-0.25, -0.2) is 4.79 Å². The Morgan fingerprint density at radius 3 is 2.56 bits per heavy atom. The summed E-state index contributed by atoms with van der Waals surface area (Å²) < 4.78 is 8.82. The molecular weight excluding hydrogens is 424 g/mol. The van der Waals surface area contributed by atoms with Crippen molar-refractivity contribution in [3.63, 3.8) is 0 Å². The first kappa shape index (κ1) is 20.1. The van der Waals surface area contributed by atoms with Crippen molar-refractivity contribution in [3.05, 3.63) is 104 Å². The van der Waals surface area contributed by atoms with Crippen molar-refractivity contribution in [2.24, 2.45) is 0 Å². The minimum Gasteiger partial charge on any atom is -0.337 e. The van der Waals surface area contributed by atoms with E-state index in [1.54, 1.807) is 6.07 Å². The molecule has 0 bridgehead atoms. The Bertz CT molecular complexity index is 1510. The molecule has 0 atom stereocenters. The molecule has 0 unspecified atom stereocenters. The molecule has 2 aromatic carbocycles. The molecule has 7 nitrogen and oxygen atoms in total. The van der Waals surface area contributed by atoms with Crippen LogP contribution in [0.5, 0.6) is 0 Å². The molecule has 5 aromatic rings. The normalized spacial score (nSPS) is 11.3. The lowest BCUT2D eigenvalue weighted by Crippen LogP contribution is -2.40. The second-order valence-corrected chi connectivity index (χ2v) is 8.44. The lowest BCUT2D eigenvalue weighted by Gasteiger charge is -2.10. The number of hydrogen-bond donors (Lipinski definition) is 0. The Labute approximate surface area is 187 Å². The molecule has 0 saturated carbocycles. The maximum atomic E-state index is 13.3. The number of aromatic nitrogens is 4. The number of rotatable bonds is 6. The summed E-state index contributed by atoms with van der Waals surface area (Å²) in [5.74, 6) is 0.788. The van der Waals surface area contributed by atoms with E-state index >= 15 is 0 Å².